The molecule has 8 rings (SSSR count). The average Bonchev–Trinajstić information content (AvgIpc) is 3.44. The van der Waals surface area contributed by atoms with E-state index in [0.717, 1.165) is 21.8 Å². The number of fused-ring (bicyclic) bond motifs is 3. The molecule has 9 nitrogen and oxygen atoms in total. The summed E-state index contributed by atoms with van der Waals surface area (Å²) < 4.78 is 42.3. The summed E-state index contributed by atoms with van der Waals surface area (Å²) in [6.07, 6.45) is 6.57. The van der Waals surface area contributed by atoms with Crippen LogP contribution in [0.5, 0.6) is 46.3 Å². The van der Waals surface area contributed by atoms with Crippen LogP contribution in [0.4, 0.5) is 0 Å². The molecule has 0 saturated carbocycles. The molecular formula is C38H25N5O4. The first kappa shape index (κ1) is 25.6. The molecule has 0 amide bonds. The fourth-order valence-electron chi connectivity index (χ4n) is 5.16. The molecule has 4 aromatic carbocycles. The highest BCUT2D eigenvalue weighted by atomic mass is 16.5. The SMILES string of the molecule is [2H]c1cccnc1Oc1cccc(Oc2ccc3c4ccc(Oc5cccc(Oc6ncccc6[2H])c5)cc4n(-c4ncccn4)c3c2)c1. The van der Waals surface area contributed by atoms with E-state index in [9.17, 15) is 0 Å². The first-order chi connectivity index (χ1) is 24.1. The van der Waals surface area contributed by atoms with E-state index in [0.29, 0.717) is 40.4 Å². The predicted molar refractivity (Wildman–Crippen MR) is 178 cm³/mol. The molecule has 0 bridgehead atoms. The van der Waals surface area contributed by atoms with Crippen molar-refractivity contribution < 1.29 is 21.7 Å². The fraction of sp³-hybridized carbons (Fsp3) is 0. The van der Waals surface area contributed by atoms with E-state index in [4.69, 9.17) is 21.7 Å². The lowest BCUT2D eigenvalue weighted by Crippen LogP contribution is -2.00. The minimum atomic E-state index is 0.190. The summed E-state index contributed by atoms with van der Waals surface area (Å²) in [5.74, 6) is 4.23. The molecule has 0 aliphatic carbocycles. The molecule has 0 atom stereocenters. The van der Waals surface area contributed by atoms with Crippen LogP contribution >= 0.6 is 0 Å². The molecule has 0 radical (unpaired) electrons. The Morgan fingerprint density at radius 2 is 0.872 bits per heavy atom. The third kappa shape index (κ3) is 6.01. The lowest BCUT2D eigenvalue weighted by molar-refractivity contribution is 0.448. The maximum Gasteiger partial charge on any atom is 0.234 e. The number of pyridine rings is 2. The Bertz CT molecular complexity index is 2310. The van der Waals surface area contributed by atoms with Gasteiger partial charge in [-0.25, -0.2) is 19.9 Å². The fourth-order valence-corrected chi connectivity index (χ4v) is 5.16. The molecule has 226 valence electrons. The van der Waals surface area contributed by atoms with Gasteiger partial charge in [-0.1, -0.05) is 24.3 Å². The molecule has 0 aliphatic heterocycles. The van der Waals surface area contributed by atoms with Crippen molar-refractivity contribution in [2.75, 3.05) is 0 Å². The monoisotopic (exact) mass is 617 g/mol. The van der Waals surface area contributed by atoms with E-state index in [-0.39, 0.29) is 23.8 Å². The second-order valence-electron chi connectivity index (χ2n) is 10.3. The average molecular weight is 618 g/mol. The first-order valence-electron chi connectivity index (χ1n) is 15.7. The molecule has 0 aliphatic rings. The Kier molecular flexibility index (Phi) is 6.71. The van der Waals surface area contributed by atoms with E-state index in [1.807, 2.05) is 65.2 Å². The minimum absolute atomic E-state index is 0.190. The number of rotatable bonds is 9. The Balaban J connectivity index is 1.13. The van der Waals surface area contributed by atoms with Crippen molar-refractivity contribution in [2.24, 2.45) is 0 Å². The Labute approximate surface area is 272 Å². The number of benzene rings is 4. The third-order valence-corrected chi connectivity index (χ3v) is 7.14. The molecule has 9 heteroatoms. The van der Waals surface area contributed by atoms with Crippen LogP contribution in [0.25, 0.3) is 27.8 Å². The van der Waals surface area contributed by atoms with E-state index in [1.165, 1.54) is 0 Å². The highest BCUT2D eigenvalue weighted by Crippen LogP contribution is 2.38. The van der Waals surface area contributed by atoms with Crippen molar-refractivity contribution in [1.29, 1.82) is 0 Å². The van der Waals surface area contributed by atoms with Gasteiger partial charge in [0.15, 0.2) is 0 Å². The lowest BCUT2D eigenvalue weighted by Gasteiger charge is -2.10. The maximum absolute atomic E-state index is 8.04. The minimum Gasteiger partial charge on any atom is -0.457 e. The van der Waals surface area contributed by atoms with Crippen LogP contribution in [-0.2, 0) is 0 Å². The normalized spacial score (nSPS) is 11.6. The number of ether oxygens (including phenoxy) is 4. The topological polar surface area (TPSA) is 93.4 Å². The van der Waals surface area contributed by atoms with Crippen LogP contribution in [0, 0.1) is 0 Å². The summed E-state index contributed by atoms with van der Waals surface area (Å²) in [7, 11) is 0. The second kappa shape index (κ2) is 12.3. The van der Waals surface area contributed by atoms with Crippen molar-refractivity contribution in [3.8, 4) is 52.2 Å². The molecule has 4 aromatic heterocycles. The van der Waals surface area contributed by atoms with Gasteiger partial charge in [0.05, 0.1) is 13.8 Å². The zero-order chi connectivity index (χ0) is 33.2. The Morgan fingerprint density at radius 3 is 1.36 bits per heavy atom. The van der Waals surface area contributed by atoms with Gasteiger partial charge in [-0.15, -0.1) is 0 Å². The highest BCUT2D eigenvalue weighted by molar-refractivity contribution is 6.09. The largest absolute Gasteiger partial charge is 0.457 e. The van der Waals surface area contributed by atoms with Crippen molar-refractivity contribution in [2.45, 2.75) is 0 Å². The van der Waals surface area contributed by atoms with Crippen LogP contribution in [0.2, 0.25) is 0 Å². The molecular weight excluding hydrogens is 590 g/mol. The van der Waals surface area contributed by atoms with E-state index in [1.54, 1.807) is 79.4 Å². The number of hydrogen-bond acceptors (Lipinski definition) is 8. The summed E-state index contributed by atoms with van der Waals surface area (Å²) in [6, 6.07) is 34.9. The lowest BCUT2D eigenvalue weighted by atomic mass is 10.1. The van der Waals surface area contributed by atoms with E-state index >= 15 is 0 Å². The smallest absolute Gasteiger partial charge is 0.234 e. The molecule has 8 aromatic rings. The summed E-state index contributed by atoms with van der Waals surface area (Å²) in [4.78, 5) is 17.4. The Morgan fingerprint density at radius 1 is 0.426 bits per heavy atom. The van der Waals surface area contributed by atoms with Gasteiger partial charge < -0.3 is 18.9 Å². The van der Waals surface area contributed by atoms with Gasteiger partial charge in [-0.2, -0.15) is 0 Å². The number of hydrogen-bond donors (Lipinski definition) is 0. The third-order valence-electron chi connectivity index (χ3n) is 7.14. The maximum atomic E-state index is 8.04. The molecule has 0 N–H and O–H groups in total. The Hall–Kier alpha value is -6.74. The van der Waals surface area contributed by atoms with Crippen LogP contribution < -0.4 is 18.9 Å². The number of nitrogens with zero attached hydrogens (tertiary/aromatic N) is 5. The number of aromatic nitrogens is 5. The molecule has 4 heterocycles. The van der Waals surface area contributed by atoms with Gasteiger partial charge in [-0.05, 0) is 66.7 Å². The zero-order valence-electron chi connectivity index (χ0n) is 26.6. The van der Waals surface area contributed by atoms with Gasteiger partial charge in [-0.3, -0.25) is 4.57 Å². The van der Waals surface area contributed by atoms with Gasteiger partial charge in [0, 0.05) is 71.9 Å². The summed E-state index contributed by atoms with van der Waals surface area (Å²) in [5.41, 5.74) is 1.68. The van der Waals surface area contributed by atoms with Crippen molar-refractivity contribution in [1.82, 2.24) is 24.5 Å². The molecule has 47 heavy (non-hydrogen) atoms. The quantitative estimate of drug-likeness (QED) is 0.158. The van der Waals surface area contributed by atoms with Crippen LogP contribution in [0.15, 0.2) is 152 Å². The van der Waals surface area contributed by atoms with Crippen molar-refractivity contribution >= 4 is 21.8 Å². The van der Waals surface area contributed by atoms with E-state index < -0.39 is 0 Å². The summed E-state index contributed by atoms with van der Waals surface area (Å²) in [5, 5.41) is 1.96. The van der Waals surface area contributed by atoms with Gasteiger partial charge in [0.25, 0.3) is 0 Å². The van der Waals surface area contributed by atoms with Gasteiger partial charge in [0.2, 0.25) is 17.7 Å². The molecule has 0 saturated heterocycles. The summed E-state index contributed by atoms with van der Waals surface area (Å²) in [6.45, 7) is 0. The molecule has 0 fully saturated rings. The zero-order valence-corrected chi connectivity index (χ0v) is 24.6. The predicted octanol–water partition coefficient (Wildman–Crippen LogP) is 9.53. The first-order valence-corrected chi connectivity index (χ1v) is 14.7. The second-order valence-corrected chi connectivity index (χ2v) is 10.3. The standard InChI is InChI=1S/C38H25N5O4/c1-3-18-39-36(12-1)46-28-10-5-8-26(22-28)44-30-14-16-32-33-17-15-31(25-35(33)43(34(32)24-30)38-41-20-7-21-42-38)45-27-9-6-11-29(23-27)47-37-13-2-4-19-40-37/h1-25H/i12D,13D. The summed E-state index contributed by atoms with van der Waals surface area (Å²) >= 11 is 0. The van der Waals surface area contributed by atoms with Crippen molar-refractivity contribution in [3.05, 3.63) is 152 Å². The van der Waals surface area contributed by atoms with Crippen molar-refractivity contribution in [3.63, 3.8) is 0 Å². The van der Waals surface area contributed by atoms with Crippen LogP contribution in [-0.4, -0.2) is 24.5 Å². The van der Waals surface area contributed by atoms with Gasteiger partial charge in [0.1, 0.15) is 34.5 Å². The molecule has 0 unspecified atom stereocenters. The van der Waals surface area contributed by atoms with E-state index in [2.05, 4.69) is 19.9 Å². The van der Waals surface area contributed by atoms with Crippen LogP contribution in [0.3, 0.4) is 0 Å². The van der Waals surface area contributed by atoms with Crippen LogP contribution in [0.1, 0.15) is 2.74 Å². The molecule has 0 spiro atoms. The highest BCUT2D eigenvalue weighted by Gasteiger charge is 2.16. The van der Waals surface area contributed by atoms with Gasteiger partial charge >= 0.3 is 0 Å².